The maximum absolute atomic E-state index is 12.5. The summed E-state index contributed by atoms with van der Waals surface area (Å²) in [6.45, 7) is 0. The Balaban J connectivity index is 2.79. The van der Waals surface area contributed by atoms with Gasteiger partial charge in [0, 0.05) is 6.42 Å². The van der Waals surface area contributed by atoms with Crippen molar-refractivity contribution in [2.45, 2.75) is 18.7 Å². The number of hydrogen-bond acceptors (Lipinski definition) is 1. The molecule has 0 aliphatic heterocycles. The molecule has 1 rings (SSSR count). The van der Waals surface area contributed by atoms with E-state index in [4.69, 9.17) is 5.11 Å². The summed E-state index contributed by atoms with van der Waals surface area (Å²) in [7, 11) is 0. The van der Waals surface area contributed by atoms with Gasteiger partial charge in [-0.25, -0.2) is 4.39 Å². The van der Waals surface area contributed by atoms with Crippen molar-refractivity contribution in [3.05, 3.63) is 30.0 Å². The summed E-state index contributed by atoms with van der Waals surface area (Å²) in [4.78, 5) is 0. The van der Waals surface area contributed by atoms with Gasteiger partial charge in [0.1, 0.15) is 5.83 Å². The second-order valence-corrected chi connectivity index (χ2v) is 2.62. The molecule has 0 bridgehead atoms. The Morgan fingerprint density at radius 2 is 2.00 bits per heavy atom. The predicted molar refractivity (Wildman–Crippen MR) is 38.3 cm³/mol. The Bertz CT molecular complexity index is 251. The first kappa shape index (κ1) is 10.2. The molecule has 1 atom stereocenters. The lowest BCUT2D eigenvalue weighted by atomic mass is 10.0. The second-order valence-electron chi connectivity index (χ2n) is 2.62. The van der Waals surface area contributed by atoms with Crippen LogP contribution in [0.3, 0.4) is 0 Å². The lowest BCUT2D eigenvalue weighted by Crippen LogP contribution is -2.30. The molecule has 0 aromatic carbocycles. The first-order valence-corrected chi connectivity index (χ1v) is 3.56. The van der Waals surface area contributed by atoms with Crippen LogP contribution in [-0.2, 0) is 0 Å². The third-order valence-corrected chi connectivity index (χ3v) is 1.60. The van der Waals surface area contributed by atoms with Crippen LogP contribution in [0.1, 0.15) is 6.42 Å². The van der Waals surface area contributed by atoms with E-state index in [1.807, 2.05) is 0 Å². The van der Waals surface area contributed by atoms with Crippen LogP contribution in [0.15, 0.2) is 23.6 Å². The number of aliphatic hydroxyl groups excluding tert-OH is 1. The molecular weight excluding hydrogens is 188 g/mol. The van der Waals surface area contributed by atoms with Crippen LogP contribution in [0.5, 0.6) is 0 Å². The lowest BCUT2D eigenvalue weighted by molar-refractivity contribution is -0.190. The third-order valence-electron chi connectivity index (χ3n) is 1.60. The molecular formula is C8H7F4O. The van der Waals surface area contributed by atoms with Gasteiger partial charge in [0.25, 0.3) is 0 Å². The van der Waals surface area contributed by atoms with Gasteiger partial charge in [0.05, 0.1) is 0 Å². The SMILES string of the molecule is OC(C1=CC[CH]C(F)=C1)C(F)(F)F. The molecule has 0 aromatic heterocycles. The average Bonchev–Trinajstić information content (AvgIpc) is 2.01. The van der Waals surface area contributed by atoms with E-state index < -0.39 is 23.7 Å². The number of aliphatic hydroxyl groups is 1. The van der Waals surface area contributed by atoms with Crippen LogP contribution < -0.4 is 0 Å². The Hall–Kier alpha value is -0.840. The molecule has 5 heteroatoms. The normalized spacial score (nSPS) is 20.7. The highest BCUT2D eigenvalue weighted by atomic mass is 19.4. The molecule has 1 unspecified atom stereocenters. The molecule has 1 aliphatic carbocycles. The highest BCUT2D eigenvalue weighted by Gasteiger charge is 2.40. The van der Waals surface area contributed by atoms with Gasteiger partial charge >= 0.3 is 6.18 Å². The van der Waals surface area contributed by atoms with Gasteiger partial charge in [-0.15, -0.1) is 0 Å². The summed E-state index contributed by atoms with van der Waals surface area (Å²) in [5.41, 5.74) is -0.437. The minimum absolute atomic E-state index is 0.0742. The second kappa shape index (κ2) is 3.49. The smallest absolute Gasteiger partial charge is 0.379 e. The van der Waals surface area contributed by atoms with Gasteiger partial charge in [0.15, 0.2) is 6.10 Å². The minimum Gasteiger partial charge on any atom is -0.379 e. The standard InChI is InChI=1S/C8H7F4O/c9-6-3-1-2-5(4-6)7(13)8(10,11)12/h2-4,7,13H,1H2. The van der Waals surface area contributed by atoms with E-state index in [9.17, 15) is 17.6 Å². The Morgan fingerprint density at radius 3 is 2.46 bits per heavy atom. The number of allylic oxidation sites excluding steroid dienone is 2. The van der Waals surface area contributed by atoms with E-state index in [0.29, 0.717) is 6.08 Å². The molecule has 0 spiro atoms. The van der Waals surface area contributed by atoms with Gasteiger partial charge in [0.2, 0.25) is 0 Å². The zero-order valence-electron chi connectivity index (χ0n) is 6.48. The fourth-order valence-corrected chi connectivity index (χ4v) is 0.964. The zero-order valence-corrected chi connectivity index (χ0v) is 6.48. The minimum atomic E-state index is -4.74. The number of rotatable bonds is 1. The third kappa shape index (κ3) is 2.55. The Kier molecular flexibility index (Phi) is 2.75. The average molecular weight is 195 g/mol. The van der Waals surface area contributed by atoms with Crippen LogP contribution in [-0.4, -0.2) is 17.4 Å². The lowest BCUT2D eigenvalue weighted by Gasteiger charge is -2.17. The molecule has 0 saturated carbocycles. The molecule has 0 saturated heterocycles. The molecule has 1 N–H and O–H groups in total. The summed E-state index contributed by atoms with van der Waals surface area (Å²) >= 11 is 0. The summed E-state index contributed by atoms with van der Waals surface area (Å²) < 4.78 is 48.2. The van der Waals surface area contributed by atoms with Crippen molar-refractivity contribution in [2.75, 3.05) is 0 Å². The van der Waals surface area contributed by atoms with Crippen LogP contribution in [0.2, 0.25) is 0 Å². The fraction of sp³-hybridized carbons (Fsp3) is 0.375. The quantitative estimate of drug-likeness (QED) is 0.636. The van der Waals surface area contributed by atoms with E-state index >= 15 is 0 Å². The van der Waals surface area contributed by atoms with E-state index in [0.717, 1.165) is 12.5 Å². The number of alkyl halides is 3. The summed E-state index contributed by atoms with van der Waals surface area (Å²) in [5.74, 6) is -0.749. The topological polar surface area (TPSA) is 20.2 Å². The zero-order chi connectivity index (χ0) is 10.1. The van der Waals surface area contributed by atoms with Gasteiger partial charge < -0.3 is 5.11 Å². The van der Waals surface area contributed by atoms with Gasteiger partial charge in [-0.2, -0.15) is 13.2 Å². The largest absolute Gasteiger partial charge is 0.418 e. The van der Waals surface area contributed by atoms with Crippen molar-refractivity contribution < 1.29 is 22.7 Å². The molecule has 1 aliphatic rings. The van der Waals surface area contributed by atoms with Gasteiger partial charge in [-0.3, -0.25) is 0 Å². The van der Waals surface area contributed by atoms with Crippen molar-refractivity contribution in [3.8, 4) is 0 Å². The first-order valence-electron chi connectivity index (χ1n) is 3.56. The van der Waals surface area contributed by atoms with E-state index in [1.54, 1.807) is 0 Å². The van der Waals surface area contributed by atoms with Crippen molar-refractivity contribution in [1.29, 1.82) is 0 Å². The highest BCUT2D eigenvalue weighted by Crippen LogP contribution is 2.29. The first-order chi connectivity index (χ1) is 5.91. The Labute approximate surface area is 72.4 Å². The van der Waals surface area contributed by atoms with Crippen LogP contribution in [0.4, 0.5) is 17.6 Å². The molecule has 1 radical (unpaired) electrons. The molecule has 0 heterocycles. The van der Waals surface area contributed by atoms with Crippen molar-refractivity contribution >= 4 is 0 Å². The summed E-state index contributed by atoms with van der Waals surface area (Å²) in [6, 6.07) is 0. The van der Waals surface area contributed by atoms with Crippen molar-refractivity contribution in [3.63, 3.8) is 0 Å². The van der Waals surface area contributed by atoms with Crippen LogP contribution in [0.25, 0.3) is 0 Å². The predicted octanol–water partition coefficient (Wildman–Crippen LogP) is 2.30. The molecule has 1 nitrogen and oxygen atoms in total. The van der Waals surface area contributed by atoms with Crippen LogP contribution >= 0.6 is 0 Å². The molecule has 0 amide bonds. The summed E-state index contributed by atoms with van der Waals surface area (Å²) in [5, 5.41) is 8.71. The van der Waals surface area contributed by atoms with E-state index in [1.165, 1.54) is 0 Å². The fourth-order valence-electron chi connectivity index (χ4n) is 0.964. The maximum atomic E-state index is 12.5. The highest BCUT2D eigenvalue weighted by molar-refractivity contribution is 5.33. The molecule has 0 aromatic rings. The molecule has 13 heavy (non-hydrogen) atoms. The number of halogens is 4. The van der Waals surface area contributed by atoms with Crippen LogP contribution in [0, 0.1) is 6.42 Å². The monoisotopic (exact) mass is 195 g/mol. The van der Waals surface area contributed by atoms with Gasteiger partial charge in [-0.05, 0) is 18.1 Å². The number of hydrogen-bond donors (Lipinski definition) is 1. The van der Waals surface area contributed by atoms with Crippen molar-refractivity contribution in [2.24, 2.45) is 0 Å². The maximum Gasteiger partial charge on any atom is 0.418 e. The molecule has 73 valence electrons. The van der Waals surface area contributed by atoms with Crippen molar-refractivity contribution in [1.82, 2.24) is 0 Å². The molecule has 0 fully saturated rings. The van der Waals surface area contributed by atoms with E-state index in [-0.39, 0.29) is 6.42 Å². The summed E-state index contributed by atoms with van der Waals surface area (Å²) in [6.07, 6.45) is -4.30. The van der Waals surface area contributed by atoms with E-state index in [2.05, 4.69) is 0 Å². The Morgan fingerprint density at radius 1 is 1.38 bits per heavy atom. The van der Waals surface area contributed by atoms with Gasteiger partial charge in [-0.1, -0.05) is 6.08 Å².